The lowest BCUT2D eigenvalue weighted by molar-refractivity contribution is -0.120. The van der Waals surface area contributed by atoms with E-state index in [-0.39, 0.29) is 19.3 Å². The molecule has 0 fully saturated rings. The molecule has 0 bridgehead atoms. The summed E-state index contributed by atoms with van der Waals surface area (Å²) in [5.41, 5.74) is 2.57. The third-order valence-corrected chi connectivity index (χ3v) is 6.21. The average Bonchev–Trinajstić information content (AvgIpc) is 3.40. The molecule has 8 nitrogen and oxygen atoms in total. The highest BCUT2D eigenvalue weighted by Gasteiger charge is 2.26. The first-order chi connectivity index (χ1) is 18.2. The van der Waals surface area contributed by atoms with Crippen LogP contribution in [-0.4, -0.2) is 50.6 Å². The van der Waals surface area contributed by atoms with E-state index in [1.165, 1.54) is 11.9 Å². The number of aliphatic hydroxyl groups excluding tert-OH is 1. The number of carbonyl (C=O) groups excluding carboxylic acids is 2. The van der Waals surface area contributed by atoms with Crippen molar-refractivity contribution in [1.82, 2.24) is 10.6 Å². The summed E-state index contributed by atoms with van der Waals surface area (Å²) >= 11 is 11.5. The number of ether oxygens (including phenoxy) is 2. The normalized spacial score (nSPS) is 11.7. The highest BCUT2D eigenvalue weighted by molar-refractivity contribution is 6.35. The van der Waals surface area contributed by atoms with Crippen molar-refractivity contribution in [2.75, 3.05) is 32.4 Å². The maximum atomic E-state index is 13.0. The quantitative estimate of drug-likeness (QED) is 0.396. The van der Waals surface area contributed by atoms with Crippen LogP contribution in [0.1, 0.15) is 18.1 Å². The third kappa shape index (κ3) is 9.13. The number of nitrogens with one attached hydrogen (secondary N) is 2. The van der Waals surface area contributed by atoms with Crippen LogP contribution in [0.3, 0.4) is 0 Å². The van der Waals surface area contributed by atoms with Crippen molar-refractivity contribution in [2.24, 2.45) is 0 Å². The second kappa shape index (κ2) is 15.7. The fourth-order valence-electron chi connectivity index (χ4n) is 3.32. The first-order valence-corrected chi connectivity index (χ1v) is 12.7. The zero-order valence-corrected chi connectivity index (χ0v) is 23.3. The van der Waals surface area contributed by atoms with Gasteiger partial charge < -0.3 is 30.1 Å². The molecule has 0 aromatic heterocycles. The van der Waals surface area contributed by atoms with Crippen LogP contribution in [-0.2, 0) is 11.2 Å². The number of anilines is 1. The monoisotopic (exact) mass is 561 g/mol. The zero-order chi connectivity index (χ0) is 28.1. The van der Waals surface area contributed by atoms with Gasteiger partial charge >= 0.3 is 6.03 Å². The molecular weight excluding hydrogens is 529 g/mol. The van der Waals surface area contributed by atoms with E-state index in [1.54, 1.807) is 32.2 Å². The summed E-state index contributed by atoms with van der Waals surface area (Å²) in [6.45, 7) is 4.00. The highest BCUT2D eigenvalue weighted by Crippen LogP contribution is 2.35. The number of likely N-dealkylation sites (N-methyl/N-ethyl adjacent to an activating group) is 1. The zero-order valence-electron chi connectivity index (χ0n) is 21.8. The molecule has 0 spiro atoms. The number of amides is 3. The van der Waals surface area contributed by atoms with E-state index in [0.717, 1.165) is 21.2 Å². The molecular formula is C28H33Cl2N3O5. The molecule has 3 aromatic carbocycles. The summed E-state index contributed by atoms with van der Waals surface area (Å²) in [6, 6.07) is 19.2. The number of urea groups is 1. The summed E-state index contributed by atoms with van der Waals surface area (Å²) in [7, 11) is 3.18. The molecule has 3 N–H and O–H groups in total. The molecule has 3 aromatic rings. The van der Waals surface area contributed by atoms with Crippen molar-refractivity contribution in [2.45, 2.75) is 26.3 Å². The molecule has 0 saturated heterocycles. The fraction of sp³-hybridized carbons (Fsp3) is 0.286. The number of hydrogen-bond acceptors (Lipinski definition) is 5. The Morgan fingerprint density at radius 2 is 1.61 bits per heavy atom. The summed E-state index contributed by atoms with van der Waals surface area (Å²) in [5, 5.41) is 14.2. The molecule has 0 saturated carbocycles. The molecule has 38 heavy (non-hydrogen) atoms. The summed E-state index contributed by atoms with van der Waals surface area (Å²) in [4.78, 5) is 26.3. The predicted molar refractivity (Wildman–Crippen MR) is 151 cm³/mol. The summed E-state index contributed by atoms with van der Waals surface area (Å²) in [5.74, 6) is 1.02. The average molecular weight is 562 g/mol. The minimum Gasteiger partial charge on any atom is -0.454 e. The maximum absolute atomic E-state index is 13.0. The van der Waals surface area contributed by atoms with Gasteiger partial charge in [-0.1, -0.05) is 59.6 Å². The molecule has 0 radical (unpaired) electrons. The Morgan fingerprint density at radius 3 is 2.18 bits per heavy atom. The number of fused-ring (bicyclic) bond motifs is 1. The number of halogens is 2. The minimum atomic E-state index is -0.701. The number of hydrogen-bond donors (Lipinski definition) is 3. The second-order valence-electron chi connectivity index (χ2n) is 8.06. The molecule has 1 unspecified atom stereocenters. The molecule has 4 rings (SSSR count). The van der Waals surface area contributed by atoms with Crippen LogP contribution < -0.4 is 25.0 Å². The van der Waals surface area contributed by atoms with Crippen LogP contribution in [0.4, 0.5) is 10.5 Å². The van der Waals surface area contributed by atoms with E-state index in [2.05, 4.69) is 10.6 Å². The van der Waals surface area contributed by atoms with Gasteiger partial charge in [-0.05, 0) is 49.2 Å². The SMILES string of the molecule is CCO.CNC(=O)NC(Cc1ccccc1)C(=O)N(C)c1ccc2c(c1)OCO2.Cc1c(Cl)cccc1Cl. The largest absolute Gasteiger partial charge is 0.454 e. The van der Waals surface area contributed by atoms with Crippen molar-refractivity contribution < 1.29 is 24.2 Å². The molecule has 1 atom stereocenters. The van der Waals surface area contributed by atoms with Crippen LogP contribution >= 0.6 is 23.2 Å². The van der Waals surface area contributed by atoms with Gasteiger partial charge in [0.2, 0.25) is 12.7 Å². The van der Waals surface area contributed by atoms with E-state index in [0.29, 0.717) is 23.6 Å². The number of aliphatic hydroxyl groups is 1. The van der Waals surface area contributed by atoms with E-state index < -0.39 is 12.1 Å². The Balaban J connectivity index is 0.000000351. The highest BCUT2D eigenvalue weighted by atomic mass is 35.5. The van der Waals surface area contributed by atoms with Gasteiger partial charge in [0, 0.05) is 48.9 Å². The lowest BCUT2D eigenvalue weighted by Crippen LogP contribution is -2.51. The predicted octanol–water partition coefficient (Wildman–Crippen LogP) is 5.22. The minimum absolute atomic E-state index is 0.172. The van der Waals surface area contributed by atoms with Gasteiger partial charge in [0.05, 0.1) is 0 Å². The first kappa shape index (κ1) is 30.8. The van der Waals surface area contributed by atoms with Gasteiger partial charge in [-0.2, -0.15) is 0 Å². The first-order valence-electron chi connectivity index (χ1n) is 11.9. The molecule has 204 valence electrons. The maximum Gasteiger partial charge on any atom is 0.315 e. The van der Waals surface area contributed by atoms with Crippen molar-refractivity contribution in [3.8, 4) is 11.5 Å². The van der Waals surface area contributed by atoms with Gasteiger partial charge in [-0.3, -0.25) is 4.79 Å². The Morgan fingerprint density at radius 1 is 1.00 bits per heavy atom. The summed E-state index contributed by atoms with van der Waals surface area (Å²) in [6.07, 6.45) is 0.391. The van der Waals surface area contributed by atoms with Crippen molar-refractivity contribution in [1.29, 1.82) is 0 Å². The van der Waals surface area contributed by atoms with Crippen LogP contribution in [0.2, 0.25) is 10.0 Å². The smallest absolute Gasteiger partial charge is 0.315 e. The Bertz CT molecular complexity index is 1170. The van der Waals surface area contributed by atoms with Crippen molar-refractivity contribution in [3.05, 3.63) is 87.9 Å². The number of carbonyl (C=O) groups is 2. The summed E-state index contributed by atoms with van der Waals surface area (Å²) < 4.78 is 10.7. The topological polar surface area (TPSA) is 100 Å². The molecule has 1 heterocycles. The van der Waals surface area contributed by atoms with Gasteiger partial charge in [0.25, 0.3) is 0 Å². The lowest BCUT2D eigenvalue weighted by Gasteiger charge is -2.25. The van der Waals surface area contributed by atoms with E-state index in [9.17, 15) is 9.59 Å². The fourth-order valence-corrected chi connectivity index (χ4v) is 3.71. The van der Waals surface area contributed by atoms with Gasteiger partial charge in [0.15, 0.2) is 11.5 Å². The van der Waals surface area contributed by atoms with Crippen LogP contribution in [0.5, 0.6) is 11.5 Å². The van der Waals surface area contributed by atoms with Crippen molar-refractivity contribution >= 4 is 40.8 Å². The van der Waals surface area contributed by atoms with Gasteiger partial charge in [-0.25, -0.2) is 4.79 Å². The van der Waals surface area contributed by atoms with E-state index >= 15 is 0 Å². The molecule has 1 aliphatic rings. The number of rotatable bonds is 5. The van der Waals surface area contributed by atoms with Crippen LogP contribution in [0.25, 0.3) is 0 Å². The Labute approximate surface area is 233 Å². The van der Waals surface area contributed by atoms with Gasteiger partial charge in [0.1, 0.15) is 6.04 Å². The second-order valence-corrected chi connectivity index (χ2v) is 8.88. The van der Waals surface area contributed by atoms with E-state index in [1.807, 2.05) is 55.5 Å². The lowest BCUT2D eigenvalue weighted by atomic mass is 10.0. The van der Waals surface area contributed by atoms with Gasteiger partial charge in [-0.15, -0.1) is 0 Å². The molecule has 1 aliphatic heterocycles. The van der Waals surface area contributed by atoms with Crippen LogP contribution in [0, 0.1) is 6.92 Å². The van der Waals surface area contributed by atoms with Crippen molar-refractivity contribution in [3.63, 3.8) is 0 Å². The third-order valence-electron chi connectivity index (χ3n) is 5.39. The van der Waals surface area contributed by atoms with Crippen LogP contribution in [0.15, 0.2) is 66.7 Å². The number of nitrogens with zero attached hydrogens (tertiary/aromatic N) is 1. The molecule has 10 heteroatoms. The standard InChI is InChI=1S/C19H21N3O4.C7H6Cl2.C2H6O/c1-20-19(24)21-15(10-13-6-4-3-5-7-13)18(23)22(2)14-8-9-16-17(11-14)26-12-25-16;1-5-6(8)3-2-4-7(5)9;1-2-3/h3-9,11,15H,10,12H2,1-2H3,(H2,20,21,24);2-4H,1H3;3H,2H2,1H3. The Hall–Kier alpha value is -3.46. The van der Waals surface area contributed by atoms with E-state index in [4.69, 9.17) is 37.8 Å². The molecule has 0 aliphatic carbocycles. The molecule has 3 amide bonds. The Kier molecular flexibility index (Phi) is 12.7. The number of benzene rings is 3.